The van der Waals surface area contributed by atoms with Crippen LogP contribution in [0, 0.1) is 12.8 Å². The van der Waals surface area contributed by atoms with E-state index in [-0.39, 0.29) is 16.1 Å². The summed E-state index contributed by atoms with van der Waals surface area (Å²) in [6.45, 7) is 15.2. The maximum absolute atomic E-state index is 13.1. The van der Waals surface area contributed by atoms with Crippen molar-refractivity contribution in [1.82, 2.24) is 4.57 Å². The lowest BCUT2D eigenvalue weighted by Crippen LogP contribution is -2.29. The molecule has 1 aromatic heterocycles. The van der Waals surface area contributed by atoms with Gasteiger partial charge in [0.05, 0.1) is 0 Å². The van der Waals surface area contributed by atoms with Gasteiger partial charge in [0.15, 0.2) is 0 Å². The van der Waals surface area contributed by atoms with Crippen LogP contribution in [0.2, 0.25) is 0 Å². The molecule has 2 N–H and O–H groups in total. The van der Waals surface area contributed by atoms with Crippen molar-refractivity contribution in [2.24, 2.45) is 11.1 Å². The highest BCUT2D eigenvalue weighted by atomic mass is 32.2. The van der Waals surface area contributed by atoms with Gasteiger partial charge in [-0.15, -0.1) is 0 Å². The van der Waals surface area contributed by atoms with E-state index in [0.717, 1.165) is 48.2 Å². The van der Waals surface area contributed by atoms with E-state index in [0.29, 0.717) is 18.0 Å². The van der Waals surface area contributed by atoms with Crippen molar-refractivity contribution < 1.29 is 13.2 Å². The first-order valence-corrected chi connectivity index (χ1v) is 14.6. The number of primary sulfonamides is 1. The van der Waals surface area contributed by atoms with Crippen molar-refractivity contribution in [3.05, 3.63) is 41.1 Å². The van der Waals surface area contributed by atoms with Crippen LogP contribution in [0.5, 0.6) is 0 Å². The lowest BCUT2D eigenvalue weighted by atomic mass is 9.75. The molecule has 0 amide bonds. The molecular formula is C29H44N2O3S. The Morgan fingerprint density at radius 2 is 1.60 bits per heavy atom. The minimum atomic E-state index is -3.86. The van der Waals surface area contributed by atoms with Gasteiger partial charge in [0.1, 0.15) is 10.7 Å². The molecule has 0 aliphatic heterocycles. The van der Waals surface area contributed by atoms with Gasteiger partial charge in [-0.2, -0.15) is 0 Å². The molecule has 35 heavy (non-hydrogen) atoms. The molecule has 1 aliphatic carbocycles. The maximum atomic E-state index is 13.1. The summed E-state index contributed by atoms with van der Waals surface area (Å²) in [7, 11) is -3.86. The summed E-state index contributed by atoms with van der Waals surface area (Å²) in [5.74, 6) is 0.741. The number of hydrogen-bond acceptors (Lipinski definition) is 3. The number of carbonyl (C=O) groups excluding carboxylic acids is 1. The number of nitrogens with zero attached hydrogens (tertiary/aromatic N) is 1. The van der Waals surface area contributed by atoms with E-state index in [1.807, 2.05) is 27.7 Å². The first-order chi connectivity index (χ1) is 16.2. The fraction of sp³-hybridized carbons (Fsp3) is 0.621. The normalized spacial score (nSPS) is 16.0. The van der Waals surface area contributed by atoms with Crippen molar-refractivity contribution in [2.45, 2.75) is 116 Å². The monoisotopic (exact) mass is 500 g/mol. The van der Waals surface area contributed by atoms with Gasteiger partial charge in [0.25, 0.3) is 0 Å². The van der Waals surface area contributed by atoms with Crippen molar-refractivity contribution >= 4 is 15.8 Å². The number of Topliss-reactive ketones (excluding diaryl/α,β-unsaturated/α-hetero) is 1. The summed E-state index contributed by atoms with van der Waals surface area (Å²) >= 11 is 0. The summed E-state index contributed by atoms with van der Waals surface area (Å²) in [5, 5.41) is 5.64. The fourth-order valence-electron chi connectivity index (χ4n) is 5.28. The standard InChI is InChI=1S/C29H44N2O3S/c1-8-12-27(32)29(6,7)24-16-22(15-23(17-24)28(3,4)5)25-18-26(35(30,33)34)20(2)31(25)19-21-13-10-9-11-14-21/h15-18,21H,8-14,19H2,1-7H3,(H2,30,33,34). The van der Waals surface area contributed by atoms with Crippen LogP contribution in [-0.4, -0.2) is 18.8 Å². The third kappa shape index (κ3) is 6.08. The van der Waals surface area contributed by atoms with Gasteiger partial charge in [0.2, 0.25) is 10.0 Å². The first-order valence-electron chi connectivity index (χ1n) is 13.1. The number of nitrogens with two attached hydrogens (primary N) is 1. The number of aromatic nitrogens is 1. The van der Waals surface area contributed by atoms with Gasteiger partial charge in [-0.05, 0) is 86.3 Å². The highest BCUT2D eigenvalue weighted by molar-refractivity contribution is 7.89. The van der Waals surface area contributed by atoms with Crippen LogP contribution in [0.25, 0.3) is 11.3 Å². The van der Waals surface area contributed by atoms with Gasteiger partial charge in [0, 0.05) is 29.8 Å². The minimum absolute atomic E-state index is 0.132. The third-order valence-electron chi connectivity index (χ3n) is 7.78. The predicted octanol–water partition coefficient (Wildman–Crippen LogP) is 6.64. The van der Waals surface area contributed by atoms with E-state index in [4.69, 9.17) is 5.14 Å². The number of ketones is 1. The Balaban J connectivity index is 2.25. The smallest absolute Gasteiger partial charge is 0.239 e. The molecule has 6 heteroatoms. The molecule has 0 unspecified atom stereocenters. The third-order valence-corrected chi connectivity index (χ3v) is 8.81. The summed E-state index contributed by atoms with van der Waals surface area (Å²) in [6.07, 6.45) is 7.39. The molecule has 0 spiro atoms. The van der Waals surface area contributed by atoms with Crippen LogP contribution in [0.1, 0.15) is 103 Å². The molecular weight excluding hydrogens is 456 g/mol. The number of rotatable bonds is 8. The first kappa shape index (κ1) is 27.7. The van der Waals surface area contributed by atoms with Gasteiger partial charge in [-0.1, -0.05) is 53.0 Å². The van der Waals surface area contributed by atoms with E-state index in [9.17, 15) is 13.2 Å². The molecule has 1 aliphatic rings. The highest BCUT2D eigenvalue weighted by Gasteiger charge is 2.31. The van der Waals surface area contributed by atoms with Crippen LogP contribution in [0.4, 0.5) is 0 Å². The summed E-state index contributed by atoms with van der Waals surface area (Å²) in [4.78, 5) is 13.3. The second-order valence-corrected chi connectivity index (χ2v) is 13.5. The zero-order valence-corrected chi connectivity index (χ0v) is 23.5. The molecule has 0 bridgehead atoms. The maximum Gasteiger partial charge on any atom is 0.239 e. The number of hydrogen-bond donors (Lipinski definition) is 1. The van der Waals surface area contributed by atoms with Crippen LogP contribution in [0.15, 0.2) is 29.2 Å². The second kappa shape index (κ2) is 10.2. The molecule has 3 rings (SSSR count). The molecule has 1 fully saturated rings. The van der Waals surface area contributed by atoms with E-state index in [2.05, 4.69) is 43.5 Å². The molecule has 1 saturated carbocycles. The van der Waals surface area contributed by atoms with E-state index in [1.54, 1.807) is 6.07 Å². The van der Waals surface area contributed by atoms with Crippen LogP contribution in [-0.2, 0) is 32.2 Å². The topological polar surface area (TPSA) is 82.2 Å². The summed E-state index contributed by atoms with van der Waals surface area (Å²) in [5.41, 5.74) is 3.83. The Morgan fingerprint density at radius 1 is 1.00 bits per heavy atom. The number of carbonyl (C=O) groups is 1. The molecule has 1 aromatic carbocycles. The molecule has 0 saturated heterocycles. The molecule has 5 nitrogen and oxygen atoms in total. The Bertz CT molecular complexity index is 1180. The fourth-order valence-corrected chi connectivity index (χ4v) is 6.08. The largest absolute Gasteiger partial charge is 0.343 e. The quantitative estimate of drug-likeness (QED) is 0.441. The van der Waals surface area contributed by atoms with Gasteiger partial charge < -0.3 is 4.57 Å². The summed E-state index contributed by atoms with van der Waals surface area (Å²) in [6, 6.07) is 8.13. The van der Waals surface area contributed by atoms with Crippen molar-refractivity contribution in [1.29, 1.82) is 0 Å². The molecule has 1 heterocycles. The SMILES string of the molecule is CCCC(=O)C(C)(C)c1cc(-c2cc(S(N)(=O)=O)c(C)n2CC2CCCCC2)cc(C(C)(C)C)c1. The Labute approximate surface area is 212 Å². The zero-order chi connectivity index (χ0) is 26.2. The van der Waals surface area contributed by atoms with Crippen molar-refractivity contribution in [3.8, 4) is 11.3 Å². The highest BCUT2D eigenvalue weighted by Crippen LogP contribution is 2.38. The minimum Gasteiger partial charge on any atom is -0.343 e. The molecule has 2 aromatic rings. The van der Waals surface area contributed by atoms with Gasteiger partial charge in [-0.25, -0.2) is 13.6 Å². The van der Waals surface area contributed by atoms with Crippen molar-refractivity contribution in [3.63, 3.8) is 0 Å². The van der Waals surface area contributed by atoms with Crippen LogP contribution >= 0.6 is 0 Å². The average molecular weight is 501 g/mol. The predicted molar refractivity (Wildman–Crippen MR) is 144 cm³/mol. The zero-order valence-electron chi connectivity index (χ0n) is 22.7. The number of benzene rings is 1. The lowest BCUT2D eigenvalue weighted by molar-refractivity contribution is -0.123. The summed E-state index contributed by atoms with van der Waals surface area (Å²) < 4.78 is 27.1. The molecule has 0 atom stereocenters. The van der Waals surface area contributed by atoms with Gasteiger partial charge >= 0.3 is 0 Å². The van der Waals surface area contributed by atoms with E-state index in [1.165, 1.54) is 19.3 Å². The van der Waals surface area contributed by atoms with Crippen LogP contribution < -0.4 is 5.14 Å². The molecule has 194 valence electrons. The molecule has 0 radical (unpaired) electrons. The van der Waals surface area contributed by atoms with E-state index < -0.39 is 15.4 Å². The van der Waals surface area contributed by atoms with Crippen LogP contribution in [0.3, 0.4) is 0 Å². The second-order valence-electron chi connectivity index (χ2n) is 12.0. The van der Waals surface area contributed by atoms with Crippen molar-refractivity contribution in [2.75, 3.05) is 0 Å². The Morgan fingerprint density at radius 3 is 2.14 bits per heavy atom. The lowest BCUT2D eigenvalue weighted by Gasteiger charge is -2.29. The average Bonchev–Trinajstić information content (AvgIpc) is 3.10. The van der Waals surface area contributed by atoms with E-state index >= 15 is 0 Å². The number of sulfonamides is 1. The Hall–Kier alpha value is -1.92. The Kier molecular flexibility index (Phi) is 8.07. The van der Waals surface area contributed by atoms with Gasteiger partial charge in [-0.3, -0.25) is 4.79 Å².